The first-order chi connectivity index (χ1) is 13.2. The highest BCUT2D eigenvalue weighted by molar-refractivity contribution is 6.62. The molecule has 0 saturated carbocycles. The molecule has 2 aromatic rings. The third kappa shape index (κ3) is 4.19. The van der Waals surface area contributed by atoms with Crippen molar-refractivity contribution in [1.29, 1.82) is 5.26 Å². The predicted molar refractivity (Wildman–Crippen MR) is 107 cm³/mol. The molecule has 1 amide bonds. The van der Waals surface area contributed by atoms with Crippen molar-refractivity contribution in [3.63, 3.8) is 0 Å². The van der Waals surface area contributed by atoms with E-state index < -0.39 is 24.4 Å². The van der Waals surface area contributed by atoms with Crippen molar-refractivity contribution in [1.82, 2.24) is 0 Å². The van der Waals surface area contributed by atoms with Gasteiger partial charge in [-0.3, -0.25) is 5.32 Å². The molecule has 6 nitrogen and oxygen atoms in total. The van der Waals surface area contributed by atoms with Crippen LogP contribution in [0.25, 0.3) is 0 Å². The average molecular weight is 378 g/mol. The molecule has 1 heterocycles. The Balaban J connectivity index is 1.68. The Morgan fingerprint density at radius 3 is 2.36 bits per heavy atom. The molecule has 1 aliphatic rings. The van der Waals surface area contributed by atoms with Crippen LogP contribution in [0.1, 0.15) is 38.8 Å². The lowest BCUT2D eigenvalue weighted by Gasteiger charge is -2.32. The molecule has 0 atom stereocenters. The number of nitrogens with zero attached hydrogens (tertiary/aromatic N) is 1. The normalized spacial score (nSPS) is 17.0. The minimum atomic E-state index is -0.622. The van der Waals surface area contributed by atoms with Gasteiger partial charge in [0, 0.05) is 0 Å². The zero-order valence-electron chi connectivity index (χ0n) is 16.5. The van der Waals surface area contributed by atoms with Crippen molar-refractivity contribution in [2.24, 2.45) is 0 Å². The number of anilines is 1. The van der Waals surface area contributed by atoms with Crippen LogP contribution < -0.4 is 10.8 Å². The molecule has 0 aliphatic carbocycles. The highest BCUT2D eigenvalue weighted by Gasteiger charge is 2.51. The molecule has 2 aromatic carbocycles. The largest absolute Gasteiger partial charge is 0.494 e. The number of nitriles is 1. The van der Waals surface area contributed by atoms with E-state index in [-0.39, 0.29) is 6.61 Å². The predicted octanol–water partition coefficient (Wildman–Crippen LogP) is 3.61. The van der Waals surface area contributed by atoms with Gasteiger partial charge in [-0.25, -0.2) is 4.79 Å². The lowest BCUT2D eigenvalue weighted by Crippen LogP contribution is -2.41. The fourth-order valence-electron chi connectivity index (χ4n) is 2.76. The zero-order valence-corrected chi connectivity index (χ0v) is 16.5. The van der Waals surface area contributed by atoms with Crippen LogP contribution >= 0.6 is 0 Å². The number of amides is 1. The van der Waals surface area contributed by atoms with Crippen molar-refractivity contribution < 1.29 is 18.8 Å². The van der Waals surface area contributed by atoms with Crippen LogP contribution in [0.15, 0.2) is 48.5 Å². The van der Waals surface area contributed by atoms with Gasteiger partial charge < -0.3 is 14.0 Å². The van der Waals surface area contributed by atoms with E-state index in [9.17, 15) is 10.1 Å². The Morgan fingerprint density at radius 2 is 1.75 bits per heavy atom. The molecule has 1 N–H and O–H groups in total. The van der Waals surface area contributed by atoms with E-state index in [1.54, 1.807) is 18.2 Å². The summed E-state index contributed by atoms with van der Waals surface area (Å²) >= 11 is 0. The minimum absolute atomic E-state index is 0.153. The van der Waals surface area contributed by atoms with Crippen molar-refractivity contribution in [2.45, 2.75) is 45.5 Å². The van der Waals surface area contributed by atoms with Gasteiger partial charge in [0.25, 0.3) is 0 Å². The van der Waals surface area contributed by atoms with Gasteiger partial charge in [0.2, 0.25) is 0 Å². The van der Waals surface area contributed by atoms with E-state index in [1.807, 2.05) is 58.0 Å². The zero-order chi connectivity index (χ0) is 20.4. The summed E-state index contributed by atoms with van der Waals surface area (Å²) in [6, 6.07) is 16.6. The van der Waals surface area contributed by atoms with Crippen LogP contribution in [0.3, 0.4) is 0 Å². The number of hydrogen-bond donors (Lipinski definition) is 1. The van der Waals surface area contributed by atoms with Crippen LogP contribution in [0, 0.1) is 11.3 Å². The molecule has 28 heavy (non-hydrogen) atoms. The van der Waals surface area contributed by atoms with Gasteiger partial charge in [0.1, 0.15) is 12.7 Å². The maximum absolute atomic E-state index is 12.1. The first-order valence-electron chi connectivity index (χ1n) is 9.09. The lowest BCUT2D eigenvalue weighted by molar-refractivity contribution is 0.00578. The Hall–Kier alpha value is -2.82. The fraction of sp³-hybridized carbons (Fsp3) is 0.333. The Bertz CT molecular complexity index is 890. The second-order valence-corrected chi connectivity index (χ2v) is 7.69. The number of benzene rings is 2. The van der Waals surface area contributed by atoms with Crippen LogP contribution in [0.4, 0.5) is 10.5 Å². The second kappa shape index (κ2) is 7.66. The van der Waals surface area contributed by atoms with Crippen molar-refractivity contribution >= 4 is 24.4 Å². The van der Waals surface area contributed by atoms with Crippen molar-refractivity contribution in [2.75, 3.05) is 5.32 Å². The minimum Gasteiger partial charge on any atom is -0.444 e. The molecular formula is C21H23BN2O4. The molecule has 7 heteroatoms. The smallest absolute Gasteiger partial charge is 0.444 e. The van der Waals surface area contributed by atoms with E-state index in [0.717, 1.165) is 11.0 Å². The number of rotatable bonds is 4. The molecule has 0 aromatic heterocycles. The average Bonchev–Trinajstić information content (AvgIpc) is 2.88. The maximum Gasteiger partial charge on any atom is 0.494 e. The molecule has 0 radical (unpaired) electrons. The summed E-state index contributed by atoms with van der Waals surface area (Å²) in [4.78, 5) is 12.1. The summed E-state index contributed by atoms with van der Waals surface area (Å²) in [5.41, 5.74) is 1.35. The highest BCUT2D eigenvalue weighted by Crippen LogP contribution is 2.36. The summed E-state index contributed by atoms with van der Waals surface area (Å²) in [6.07, 6.45) is -0.622. The van der Waals surface area contributed by atoms with Gasteiger partial charge in [0.15, 0.2) is 0 Å². The van der Waals surface area contributed by atoms with Gasteiger partial charge in [-0.1, -0.05) is 36.4 Å². The Morgan fingerprint density at radius 1 is 1.11 bits per heavy atom. The third-order valence-corrected chi connectivity index (χ3v) is 5.14. The Labute approximate surface area is 165 Å². The molecule has 1 fully saturated rings. The lowest BCUT2D eigenvalue weighted by atomic mass is 9.78. The number of hydrogen-bond acceptors (Lipinski definition) is 5. The van der Waals surface area contributed by atoms with Crippen molar-refractivity contribution in [3.05, 3.63) is 59.7 Å². The first kappa shape index (κ1) is 19.9. The molecule has 0 spiro atoms. The summed E-state index contributed by atoms with van der Waals surface area (Å²) in [5.74, 6) is 0. The van der Waals surface area contributed by atoms with E-state index >= 15 is 0 Å². The van der Waals surface area contributed by atoms with Gasteiger partial charge in [-0.2, -0.15) is 5.26 Å². The summed E-state index contributed by atoms with van der Waals surface area (Å²) in [6.45, 7) is 8.03. The van der Waals surface area contributed by atoms with Gasteiger partial charge in [-0.05, 0) is 50.9 Å². The number of nitrogens with one attached hydrogen (secondary N) is 1. The monoisotopic (exact) mass is 378 g/mol. The van der Waals surface area contributed by atoms with Gasteiger partial charge in [-0.15, -0.1) is 0 Å². The van der Waals surface area contributed by atoms with E-state index in [2.05, 4.69) is 11.4 Å². The van der Waals surface area contributed by atoms with Crippen LogP contribution in [0.5, 0.6) is 0 Å². The van der Waals surface area contributed by atoms with E-state index in [1.165, 1.54) is 0 Å². The molecule has 1 saturated heterocycles. The van der Waals surface area contributed by atoms with Gasteiger partial charge >= 0.3 is 13.2 Å². The molecule has 0 unspecified atom stereocenters. The molecule has 144 valence electrons. The molecule has 3 rings (SSSR count). The molecule has 1 aliphatic heterocycles. The SMILES string of the molecule is CC1(C)OB(c2ccc(NC(=O)OCc3ccccc3)c(C#N)c2)OC1(C)C. The fourth-order valence-corrected chi connectivity index (χ4v) is 2.76. The number of carbonyl (C=O) groups excluding carboxylic acids is 1. The standard InChI is InChI=1S/C21H23BN2O4/c1-20(2)21(3,4)28-22(27-20)17-10-11-18(16(12-17)13-23)24-19(25)26-14-15-8-6-5-7-9-15/h5-12H,14H2,1-4H3,(H,24,25). The van der Waals surface area contributed by atoms with Crippen LogP contribution in [-0.4, -0.2) is 24.4 Å². The second-order valence-electron chi connectivity index (χ2n) is 7.69. The summed E-state index contributed by atoms with van der Waals surface area (Å²) < 4.78 is 17.2. The van der Waals surface area contributed by atoms with E-state index in [0.29, 0.717) is 11.3 Å². The molecule has 0 bridgehead atoms. The van der Waals surface area contributed by atoms with E-state index in [4.69, 9.17) is 14.0 Å². The maximum atomic E-state index is 12.1. The summed E-state index contributed by atoms with van der Waals surface area (Å²) in [7, 11) is -0.573. The van der Waals surface area contributed by atoms with Crippen molar-refractivity contribution in [3.8, 4) is 6.07 Å². The van der Waals surface area contributed by atoms with Crippen LogP contribution in [-0.2, 0) is 20.7 Å². The van der Waals surface area contributed by atoms with Gasteiger partial charge in [0.05, 0.1) is 22.5 Å². The highest BCUT2D eigenvalue weighted by atomic mass is 16.7. The number of carbonyl (C=O) groups is 1. The third-order valence-electron chi connectivity index (χ3n) is 5.14. The Kier molecular flexibility index (Phi) is 5.46. The first-order valence-corrected chi connectivity index (χ1v) is 9.09. The molecular weight excluding hydrogens is 355 g/mol. The topological polar surface area (TPSA) is 80.6 Å². The van der Waals surface area contributed by atoms with Crippen LogP contribution in [0.2, 0.25) is 0 Å². The number of ether oxygens (including phenoxy) is 1. The summed E-state index contributed by atoms with van der Waals surface area (Å²) in [5, 5.41) is 12.1. The quantitative estimate of drug-likeness (QED) is 0.823.